The van der Waals surface area contributed by atoms with Gasteiger partial charge in [0.15, 0.2) is 5.82 Å². The highest BCUT2D eigenvalue weighted by Gasteiger charge is 2.29. The van der Waals surface area contributed by atoms with Crippen molar-refractivity contribution < 1.29 is 9.53 Å². The molecule has 1 fully saturated rings. The number of nitrogens with one attached hydrogen (secondary N) is 1. The second kappa shape index (κ2) is 9.97. The number of aromatic nitrogens is 4. The molecule has 2 aromatic carbocycles. The fraction of sp³-hybridized carbons (Fsp3) is 0.357. The Kier molecular flexibility index (Phi) is 6.59. The second-order valence-electron chi connectivity index (χ2n) is 9.52. The third-order valence-electron chi connectivity index (χ3n) is 6.94. The molecule has 1 aliphatic rings. The maximum atomic E-state index is 13.0. The Balaban J connectivity index is 1.39. The van der Waals surface area contributed by atoms with E-state index in [1.807, 2.05) is 48.0 Å². The van der Waals surface area contributed by atoms with Crippen LogP contribution >= 0.6 is 0 Å². The second-order valence-corrected chi connectivity index (χ2v) is 9.52. The highest BCUT2D eigenvalue weighted by Crippen LogP contribution is 2.32. The summed E-state index contributed by atoms with van der Waals surface area (Å²) in [7, 11) is 1.66. The molecular formula is C28H32N6O2. The average Bonchev–Trinajstić information content (AvgIpc) is 3.25. The summed E-state index contributed by atoms with van der Waals surface area (Å²) in [6.45, 7) is 8.03. The van der Waals surface area contributed by atoms with Gasteiger partial charge < -0.3 is 15.0 Å². The first-order valence-electron chi connectivity index (χ1n) is 12.4. The number of hydrogen-bond donors (Lipinski definition) is 1. The van der Waals surface area contributed by atoms with E-state index in [2.05, 4.69) is 46.4 Å². The van der Waals surface area contributed by atoms with Gasteiger partial charge in [0.1, 0.15) is 11.3 Å². The molecule has 5 rings (SSSR count). The van der Waals surface area contributed by atoms with Gasteiger partial charge in [-0.2, -0.15) is 10.2 Å². The van der Waals surface area contributed by atoms with Crippen LogP contribution in [0.15, 0.2) is 48.5 Å². The van der Waals surface area contributed by atoms with E-state index in [-0.39, 0.29) is 11.8 Å². The van der Waals surface area contributed by atoms with E-state index in [9.17, 15) is 4.79 Å². The fourth-order valence-corrected chi connectivity index (χ4v) is 5.04. The molecule has 1 amide bonds. The molecule has 0 spiro atoms. The van der Waals surface area contributed by atoms with Crippen molar-refractivity contribution in [2.45, 2.75) is 40.2 Å². The summed E-state index contributed by atoms with van der Waals surface area (Å²) in [6.07, 6.45) is 1.77. The van der Waals surface area contributed by atoms with Crippen molar-refractivity contribution in [2.75, 3.05) is 25.1 Å². The quantitative estimate of drug-likeness (QED) is 0.440. The molecule has 1 atom stereocenters. The predicted octanol–water partition coefficient (Wildman–Crippen LogP) is 4.28. The molecule has 0 aliphatic carbocycles. The van der Waals surface area contributed by atoms with Crippen molar-refractivity contribution in [1.29, 1.82) is 0 Å². The SMILES string of the molecule is COc1ccc(-n2nc3c(N4CCCC(C(=O)NCc5cccc(C)c5)C4)nnc(C)c3c2C)cc1. The molecule has 3 heterocycles. The van der Waals surface area contributed by atoms with Crippen LogP contribution in [0.5, 0.6) is 5.75 Å². The number of hydrogen-bond acceptors (Lipinski definition) is 6. The first-order valence-corrected chi connectivity index (χ1v) is 12.4. The molecule has 36 heavy (non-hydrogen) atoms. The first-order chi connectivity index (χ1) is 17.4. The third-order valence-corrected chi connectivity index (χ3v) is 6.94. The maximum Gasteiger partial charge on any atom is 0.225 e. The number of ether oxygens (including phenoxy) is 1. The van der Waals surface area contributed by atoms with Crippen LogP contribution in [0.1, 0.15) is 35.4 Å². The van der Waals surface area contributed by atoms with E-state index in [1.165, 1.54) is 5.56 Å². The minimum Gasteiger partial charge on any atom is -0.497 e. The summed E-state index contributed by atoms with van der Waals surface area (Å²) < 4.78 is 7.23. The molecule has 0 bridgehead atoms. The van der Waals surface area contributed by atoms with Gasteiger partial charge in [-0.25, -0.2) is 4.68 Å². The lowest BCUT2D eigenvalue weighted by Gasteiger charge is -2.32. The number of aryl methyl sites for hydroxylation is 3. The number of methoxy groups -OCH3 is 1. The summed E-state index contributed by atoms with van der Waals surface area (Å²) >= 11 is 0. The first kappa shape index (κ1) is 23.8. The van der Waals surface area contributed by atoms with Crippen molar-refractivity contribution in [3.8, 4) is 11.4 Å². The number of anilines is 1. The molecule has 1 saturated heterocycles. The van der Waals surface area contributed by atoms with E-state index in [0.29, 0.717) is 13.1 Å². The Bertz CT molecular complexity index is 1400. The topological polar surface area (TPSA) is 85.2 Å². The number of rotatable bonds is 6. The standard InChI is InChI=1S/C28H32N6O2/c1-18-7-5-8-21(15-18)16-29-28(35)22-9-6-14-33(17-22)27-26-25(19(2)30-31-27)20(3)34(32-26)23-10-12-24(36-4)13-11-23/h5,7-8,10-13,15,22H,6,9,14,16-17H2,1-4H3,(H,29,35). The lowest BCUT2D eigenvalue weighted by Crippen LogP contribution is -2.43. The van der Waals surface area contributed by atoms with Crippen molar-refractivity contribution in [1.82, 2.24) is 25.3 Å². The Hall–Kier alpha value is -3.94. The molecule has 1 N–H and O–H groups in total. The lowest BCUT2D eigenvalue weighted by molar-refractivity contribution is -0.125. The highest BCUT2D eigenvalue weighted by molar-refractivity contribution is 5.92. The largest absolute Gasteiger partial charge is 0.497 e. The van der Waals surface area contributed by atoms with Gasteiger partial charge in [0.2, 0.25) is 5.91 Å². The normalized spacial score (nSPS) is 15.8. The van der Waals surface area contributed by atoms with Gasteiger partial charge in [-0.05, 0) is 63.4 Å². The Morgan fingerprint density at radius 3 is 2.67 bits per heavy atom. The van der Waals surface area contributed by atoms with Crippen molar-refractivity contribution in [3.63, 3.8) is 0 Å². The van der Waals surface area contributed by atoms with Crippen LogP contribution in [0.4, 0.5) is 5.82 Å². The van der Waals surface area contributed by atoms with Crippen LogP contribution in [-0.2, 0) is 11.3 Å². The van der Waals surface area contributed by atoms with Crippen LogP contribution in [0.3, 0.4) is 0 Å². The third kappa shape index (κ3) is 4.63. The summed E-state index contributed by atoms with van der Waals surface area (Å²) in [5.41, 5.74) is 5.92. The molecule has 186 valence electrons. The number of nitrogens with zero attached hydrogens (tertiary/aromatic N) is 5. The summed E-state index contributed by atoms with van der Waals surface area (Å²) in [4.78, 5) is 15.2. The maximum absolute atomic E-state index is 13.0. The summed E-state index contributed by atoms with van der Waals surface area (Å²) in [6, 6.07) is 16.1. The molecule has 8 heteroatoms. The highest BCUT2D eigenvalue weighted by atomic mass is 16.5. The zero-order valence-corrected chi connectivity index (χ0v) is 21.3. The Morgan fingerprint density at radius 2 is 1.92 bits per heavy atom. The number of carbonyl (C=O) groups is 1. The molecule has 8 nitrogen and oxygen atoms in total. The molecule has 2 aromatic heterocycles. The van der Waals surface area contributed by atoms with Gasteiger partial charge in [0, 0.05) is 19.6 Å². The van der Waals surface area contributed by atoms with Gasteiger partial charge in [-0.15, -0.1) is 5.10 Å². The van der Waals surface area contributed by atoms with Crippen LogP contribution in [0, 0.1) is 26.7 Å². The van der Waals surface area contributed by atoms with Crippen molar-refractivity contribution in [2.24, 2.45) is 5.92 Å². The van der Waals surface area contributed by atoms with Gasteiger partial charge >= 0.3 is 0 Å². The van der Waals surface area contributed by atoms with E-state index < -0.39 is 0 Å². The van der Waals surface area contributed by atoms with Gasteiger partial charge in [-0.1, -0.05) is 29.8 Å². The summed E-state index contributed by atoms with van der Waals surface area (Å²) in [5, 5.41) is 18.1. The zero-order chi connectivity index (χ0) is 25.2. The fourth-order valence-electron chi connectivity index (χ4n) is 5.04. The van der Waals surface area contributed by atoms with E-state index in [4.69, 9.17) is 9.84 Å². The van der Waals surface area contributed by atoms with Gasteiger partial charge in [0.25, 0.3) is 0 Å². The number of fused-ring (bicyclic) bond motifs is 1. The van der Waals surface area contributed by atoms with Gasteiger partial charge in [0.05, 0.1) is 35.5 Å². The number of piperidine rings is 1. The van der Waals surface area contributed by atoms with Crippen LogP contribution < -0.4 is 15.0 Å². The minimum absolute atomic E-state index is 0.0810. The van der Waals surface area contributed by atoms with Crippen molar-refractivity contribution >= 4 is 22.6 Å². The molecule has 1 unspecified atom stereocenters. The smallest absolute Gasteiger partial charge is 0.225 e. The summed E-state index contributed by atoms with van der Waals surface area (Å²) in [5.74, 6) is 1.51. The molecule has 0 radical (unpaired) electrons. The van der Waals surface area contributed by atoms with Crippen LogP contribution in [-0.4, -0.2) is 46.1 Å². The molecule has 0 saturated carbocycles. The van der Waals surface area contributed by atoms with Crippen LogP contribution in [0.2, 0.25) is 0 Å². The zero-order valence-electron chi connectivity index (χ0n) is 21.3. The van der Waals surface area contributed by atoms with E-state index in [1.54, 1.807) is 7.11 Å². The molecular weight excluding hydrogens is 452 g/mol. The Morgan fingerprint density at radius 1 is 1.11 bits per heavy atom. The van der Waals surface area contributed by atoms with Gasteiger partial charge in [-0.3, -0.25) is 4.79 Å². The monoisotopic (exact) mass is 484 g/mol. The molecule has 4 aromatic rings. The predicted molar refractivity (Wildman–Crippen MR) is 141 cm³/mol. The lowest BCUT2D eigenvalue weighted by atomic mass is 9.96. The molecule has 1 aliphatic heterocycles. The Labute approximate surface area is 211 Å². The number of carbonyl (C=O) groups excluding carboxylic acids is 1. The number of benzene rings is 2. The van der Waals surface area contributed by atoms with E-state index in [0.717, 1.165) is 64.5 Å². The number of amides is 1. The van der Waals surface area contributed by atoms with Crippen molar-refractivity contribution in [3.05, 3.63) is 71.0 Å². The average molecular weight is 485 g/mol. The minimum atomic E-state index is -0.105. The van der Waals surface area contributed by atoms with E-state index >= 15 is 0 Å². The van der Waals surface area contributed by atoms with Crippen LogP contribution in [0.25, 0.3) is 16.6 Å².